The van der Waals surface area contributed by atoms with Crippen molar-refractivity contribution in [1.29, 1.82) is 0 Å². The van der Waals surface area contributed by atoms with Gasteiger partial charge in [0.15, 0.2) is 0 Å². The van der Waals surface area contributed by atoms with E-state index >= 15 is 0 Å². The molecule has 2 saturated heterocycles. The topological polar surface area (TPSA) is 30.0 Å². The summed E-state index contributed by atoms with van der Waals surface area (Å²) >= 11 is 1.82. The van der Waals surface area contributed by atoms with Gasteiger partial charge in [0.2, 0.25) is 0 Å². The molecule has 5 heteroatoms. The SMILES string of the molecule is OCCSCN1CN2CCCN(C2)C1. The Morgan fingerprint density at radius 3 is 2.43 bits per heavy atom. The van der Waals surface area contributed by atoms with Crippen LogP contribution in [0.5, 0.6) is 0 Å². The smallest absolute Gasteiger partial charge is 0.0538 e. The molecule has 2 atom stereocenters. The number of nitrogens with zero attached hydrogens (tertiary/aromatic N) is 3. The fourth-order valence-corrected chi connectivity index (χ4v) is 2.80. The first-order valence-corrected chi connectivity index (χ1v) is 6.39. The highest BCUT2D eigenvalue weighted by Gasteiger charge is 2.25. The molecule has 2 unspecified atom stereocenters. The monoisotopic (exact) mass is 217 g/mol. The van der Waals surface area contributed by atoms with Crippen LogP contribution in [0.3, 0.4) is 0 Å². The number of hydrogen-bond donors (Lipinski definition) is 1. The second-order valence-corrected chi connectivity index (χ2v) is 5.07. The first-order chi connectivity index (χ1) is 6.88. The van der Waals surface area contributed by atoms with Crippen LogP contribution in [0.1, 0.15) is 6.42 Å². The summed E-state index contributed by atoms with van der Waals surface area (Å²) in [6.45, 7) is 6.16. The van der Waals surface area contributed by atoms with Crippen molar-refractivity contribution < 1.29 is 5.11 Å². The lowest BCUT2D eigenvalue weighted by Crippen LogP contribution is -2.58. The number of aliphatic hydroxyl groups is 1. The molecule has 0 saturated carbocycles. The van der Waals surface area contributed by atoms with Gasteiger partial charge in [-0.1, -0.05) is 0 Å². The van der Waals surface area contributed by atoms with Crippen LogP contribution in [0.2, 0.25) is 0 Å². The summed E-state index contributed by atoms with van der Waals surface area (Å²) in [6, 6.07) is 0. The molecule has 82 valence electrons. The third-order valence-electron chi connectivity index (χ3n) is 2.66. The van der Waals surface area contributed by atoms with E-state index in [-0.39, 0.29) is 0 Å². The molecule has 0 aromatic rings. The van der Waals surface area contributed by atoms with E-state index in [2.05, 4.69) is 14.7 Å². The molecule has 2 fully saturated rings. The molecule has 0 amide bonds. The second kappa shape index (κ2) is 5.32. The van der Waals surface area contributed by atoms with Crippen molar-refractivity contribution in [3.63, 3.8) is 0 Å². The molecule has 2 rings (SSSR count). The van der Waals surface area contributed by atoms with E-state index in [1.807, 2.05) is 11.8 Å². The molecular weight excluding hydrogens is 198 g/mol. The molecule has 2 aliphatic heterocycles. The first kappa shape index (κ1) is 10.7. The van der Waals surface area contributed by atoms with Crippen molar-refractivity contribution in [2.75, 3.05) is 51.3 Å². The van der Waals surface area contributed by atoms with Crippen molar-refractivity contribution >= 4 is 11.8 Å². The Bertz CT molecular complexity index is 169. The van der Waals surface area contributed by atoms with Gasteiger partial charge in [0, 0.05) is 24.7 Å². The highest BCUT2D eigenvalue weighted by atomic mass is 32.2. The van der Waals surface area contributed by atoms with E-state index < -0.39 is 0 Å². The highest BCUT2D eigenvalue weighted by molar-refractivity contribution is 7.99. The van der Waals surface area contributed by atoms with Crippen LogP contribution in [0, 0.1) is 0 Å². The van der Waals surface area contributed by atoms with Crippen LogP contribution < -0.4 is 0 Å². The van der Waals surface area contributed by atoms with E-state index in [9.17, 15) is 0 Å². The van der Waals surface area contributed by atoms with Crippen molar-refractivity contribution in [2.24, 2.45) is 0 Å². The summed E-state index contributed by atoms with van der Waals surface area (Å²) in [7, 11) is 0. The summed E-state index contributed by atoms with van der Waals surface area (Å²) in [5.41, 5.74) is 0. The van der Waals surface area contributed by atoms with Gasteiger partial charge < -0.3 is 5.11 Å². The number of hydrogen-bond acceptors (Lipinski definition) is 5. The Morgan fingerprint density at radius 2 is 1.79 bits per heavy atom. The third kappa shape index (κ3) is 2.84. The molecule has 0 aromatic heterocycles. The minimum absolute atomic E-state index is 0.298. The van der Waals surface area contributed by atoms with Gasteiger partial charge in [0.05, 0.1) is 26.6 Å². The predicted octanol–water partition coefficient (Wildman–Crippen LogP) is -0.135. The van der Waals surface area contributed by atoms with Gasteiger partial charge in [-0.05, 0) is 6.42 Å². The van der Waals surface area contributed by atoms with Gasteiger partial charge in [0.25, 0.3) is 0 Å². The average molecular weight is 217 g/mol. The van der Waals surface area contributed by atoms with Gasteiger partial charge >= 0.3 is 0 Å². The van der Waals surface area contributed by atoms with Crippen molar-refractivity contribution in [2.45, 2.75) is 6.42 Å². The molecule has 0 radical (unpaired) electrons. The summed E-state index contributed by atoms with van der Waals surface area (Å²) in [6.07, 6.45) is 1.32. The number of aliphatic hydroxyl groups excluding tert-OH is 1. The van der Waals surface area contributed by atoms with Crippen LogP contribution >= 0.6 is 11.8 Å². The van der Waals surface area contributed by atoms with Gasteiger partial charge in [-0.25, -0.2) is 0 Å². The largest absolute Gasteiger partial charge is 0.396 e. The average Bonchev–Trinajstić information content (AvgIpc) is 2.18. The Balaban J connectivity index is 1.72. The molecule has 2 bridgehead atoms. The lowest BCUT2D eigenvalue weighted by molar-refractivity contribution is -0.0465. The second-order valence-electron chi connectivity index (χ2n) is 4.00. The van der Waals surface area contributed by atoms with Gasteiger partial charge in [-0.2, -0.15) is 0 Å². The molecule has 2 heterocycles. The van der Waals surface area contributed by atoms with E-state index in [1.165, 1.54) is 19.5 Å². The molecule has 1 N–H and O–H groups in total. The van der Waals surface area contributed by atoms with Crippen molar-refractivity contribution in [3.05, 3.63) is 0 Å². The van der Waals surface area contributed by atoms with E-state index in [1.54, 1.807) is 0 Å². The summed E-state index contributed by atoms with van der Waals surface area (Å²) in [5.74, 6) is 1.91. The lowest BCUT2D eigenvalue weighted by Gasteiger charge is -2.45. The minimum Gasteiger partial charge on any atom is -0.396 e. The first-order valence-electron chi connectivity index (χ1n) is 5.24. The van der Waals surface area contributed by atoms with E-state index in [0.717, 1.165) is 31.6 Å². The zero-order chi connectivity index (χ0) is 9.80. The van der Waals surface area contributed by atoms with Crippen molar-refractivity contribution in [3.8, 4) is 0 Å². The maximum absolute atomic E-state index is 8.70. The molecule has 0 aliphatic carbocycles. The maximum atomic E-state index is 8.70. The van der Waals surface area contributed by atoms with Crippen LogP contribution in [0.4, 0.5) is 0 Å². The number of fused-ring (bicyclic) bond motifs is 2. The Kier molecular flexibility index (Phi) is 4.07. The molecule has 0 aromatic carbocycles. The molecular formula is C9H19N3OS. The third-order valence-corrected chi connectivity index (χ3v) is 3.68. The molecule has 2 aliphatic rings. The minimum atomic E-state index is 0.298. The summed E-state index contributed by atoms with van der Waals surface area (Å²) in [4.78, 5) is 7.43. The van der Waals surface area contributed by atoms with Crippen LogP contribution in [0.25, 0.3) is 0 Å². The zero-order valence-electron chi connectivity index (χ0n) is 8.56. The molecule has 4 nitrogen and oxygen atoms in total. The normalized spacial score (nSPS) is 33.2. The number of thioether (sulfide) groups is 1. The Labute approximate surface area is 89.8 Å². The quantitative estimate of drug-likeness (QED) is 0.663. The number of rotatable bonds is 4. The zero-order valence-corrected chi connectivity index (χ0v) is 9.38. The van der Waals surface area contributed by atoms with Crippen LogP contribution in [-0.4, -0.2) is 71.1 Å². The van der Waals surface area contributed by atoms with E-state index in [4.69, 9.17) is 5.11 Å². The Morgan fingerprint density at radius 1 is 1.07 bits per heavy atom. The predicted molar refractivity (Wildman–Crippen MR) is 58.9 cm³/mol. The van der Waals surface area contributed by atoms with Crippen molar-refractivity contribution in [1.82, 2.24) is 14.7 Å². The maximum Gasteiger partial charge on any atom is 0.0538 e. The Hall–Kier alpha value is 0.190. The van der Waals surface area contributed by atoms with Gasteiger partial charge in [0.1, 0.15) is 0 Å². The summed E-state index contributed by atoms with van der Waals surface area (Å²) < 4.78 is 0. The van der Waals surface area contributed by atoms with Gasteiger partial charge in [-0.15, -0.1) is 11.8 Å². The van der Waals surface area contributed by atoms with Crippen LogP contribution in [0.15, 0.2) is 0 Å². The van der Waals surface area contributed by atoms with Gasteiger partial charge in [-0.3, -0.25) is 14.7 Å². The molecule has 0 spiro atoms. The fourth-order valence-electron chi connectivity index (χ4n) is 2.12. The standard InChI is InChI=1S/C9H19N3OS/c13-4-5-14-9-12-7-10-2-1-3-11(6-10)8-12/h13H,1-9H2. The lowest BCUT2D eigenvalue weighted by atomic mass is 10.3. The van der Waals surface area contributed by atoms with E-state index in [0.29, 0.717) is 6.61 Å². The molecule has 14 heavy (non-hydrogen) atoms. The van der Waals surface area contributed by atoms with Crippen LogP contribution in [-0.2, 0) is 0 Å². The highest BCUT2D eigenvalue weighted by Crippen LogP contribution is 2.15. The fraction of sp³-hybridized carbons (Fsp3) is 1.00. The summed E-state index contributed by atoms with van der Waals surface area (Å²) in [5, 5.41) is 8.70.